The van der Waals surface area contributed by atoms with E-state index in [-0.39, 0.29) is 5.82 Å². The van der Waals surface area contributed by atoms with Crippen molar-refractivity contribution in [1.82, 2.24) is 19.6 Å². The summed E-state index contributed by atoms with van der Waals surface area (Å²) >= 11 is 0. The van der Waals surface area contributed by atoms with Crippen molar-refractivity contribution < 1.29 is 4.39 Å². The van der Waals surface area contributed by atoms with Crippen molar-refractivity contribution in [1.29, 1.82) is 0 Å². The molecule has 0 bridgehead atoms. The second-order valence-electron chi connectivity index (χ2n) is 4.69. The first-order valence-electron chi connectivity index (χ1n) is 6.30. The van der Waals surface area contributed by atoms with Crippen LogP contribution >= 0.6 is 0 Å². The number of fused-ring (bicyclic) bond motifs is 1. The lowest BCUT2D eigenvalue weighted by Gasteiger charge is -2.09. The second kappa shape index (κ2) is 4.88. The maximum atomic E-state index is 13.5. The summed E-state index contributed by atoms with van der Waals surface area (Å²) < 4.78 is 15.1. The van der Waals surface area contributed by atoms with Crippen molar-refractivity contribution in [2.45, 2.75) is 20.4 Å². The molecule has 3 rings (SSSR count). The monoisotopic (exact) mass is 271 g/mol. The number of nitrogens with zero attached hydrogens (tertiary/aromatic N) is 4. The Labute approximate surface area is 115 Å². The van der Waals surface area contributed by atoms with Gasteiger partial charge in [-0.05, 0) is 31.0 Å². The van der Waals surface area contributed by atoms with Gasteiger partial charge < -0.3 is 5.32 Å². The molecule has 0 amide bonds. The maximum Gasteiger partial charge on any atom is 0.254 e. The first-order valence-corrected chi connectivity index (χ1v) is 6.30. The molecule has 0 radical (unpaired) electrons. The van der Waals surface area contributed by atoms with Crippen molar-refractivity contribution >= 4 is 11.6 Å². The van der Waals surface area contributed by atoms with Crippen LogP contribution in [0.5, 0.6) is 0 Å². The van der Waals surface area contributed by atoms with Gasteiger partial charge in [0.15, 0.2) is 0 Å². The first kappa shape index (κ1) is 12.5. The van der Waals surface area contributed by atoms with E-state index in [4.69, 9.17) is 0 Å². The van der Waals surface area contributed by atoms with Gasteiger partial charge in [-0.15, -0.1) is 0 Å². The van der Waals surface area contributed by atoms with Gasteiger partial charge in [0.05, 0.1) is 0 Å². The summed E-state index contributed by atoms with van der Waals surface area (Å²) in [5.41, 5.74) is 2.37. The van der Waals surface area contributed by atoms with Crippen LogP contribution in [0.2, 0.25) is 0 Å². The maximum absolute atomic E-state index is 13.5. The second-order valence-corrected chi connectivity index (χ2v) is 4.69. The molecule has 102 valence electrons. The lowest BCUT2D eigenvalue weighted by molar-refractivity contribution is 0.616. The summed E-state index contributed by atoms with van der Waals surface area (Å²) in [7, 11) is 0. The third-order valence-corrected chi connectivity index (χ3v) is 3.09. The first-order chi connectivity index (χ1) is 9.63. The van der Waals surface area contributed by atoms with Crippen molar-refractivity contribution in [2.75, 3.05) is 5.32 Å². The fraction of sp³-hybridized carbons (Fsp3) is 0.214. The summed E-state index contributed by atoms with van der Waals surface area (Å²) in [4.78, 5) is 8.33. The molecule has 0 spiro atoms. The minimum atomic E-state index is -0.193. The highest BCUT2D eigenvalue weighted by Crippen LogP contribution is 2.13. The largest absolute Gasteiger partial charge is 0.366 e. The van der Waals surface area contributed by atoms with E-state index in [1.54, 1.807) is 17.5 Å². The van der Waals surface area contributed by atoms with Crippen LogP contribution in [0.25, 0.3) is 5.78 Å². The molecule has 2 aromatic heterocycles. The molecule has 0 aliphatic carbocycles. The molecule has 6 heteroatoms. The van der Waals surface area contributed by atoms with Gasteiger partial charge in [0.2, 0.25) is 0 Å². The SMILES string of the molecule is Cc1cc(NCc2ccc(C)c(F)c2)n2ncnc2n1. The number of aryl methyl sites for hydroxylation is 2. The molecule has 0 saturated heterocycles. The lowest BCUT2D eigenvalue weighted by Crippen LogP contribution is -2.07. The summed E-state index contributed by atoms with van der Waals surface area (Å²) in [6.45, 7) is 4.15. The number of benzene rings is 1. The van der Waals surface area contributed by atoms with E-state index in [0.717, 1.165) is 17.1 Å². The van der Waals surface area contributed by atoms with E-state index in [9.17, 15) is 4.39 Å². The van der Waals surface area contributed by atoms with E-state index >= 15 is 0 Å². The number of rotatable bonds is 3. The van der Waals surface area contributed by atoms with Crippen molar-refractivity contribution in [3.05, 3.63) is 53.2 Å². The number of halogens is 1. The molecule has 2 heterocycles. The van der Waals surface area contributed by atoms with Crippen LogP contribution in [-0.4, -0.2) is 19.6 Å². The van der Waals surface area contributed by atoms with Gasteiger partial charge in [-0.2, -0.15) is 14.6 Å². The molecule has 0 saturated carbocycles. The Morgan fingerprint density at radius 1 is 1.25 bits per heavy atom. The highest BCUT2D eigenvalue weighted by Gasteiger charge is 2.06. The summed E-state index contributed by atoms with van der Waals surface area (Å²) in [5.74, 6) is 1.13. The number of hydrogen-bond acceptors (Lipinski definition) is 4. The molecule has 0 aliphatic rings. The Bertz CT molecular complexity index is 765. The Hall–Kier alpha value is -2.50. The minimum Gasteiger partial charge on any atom is -0.366 e. The fourth-order valence-electron chi connectivity index (χ4n) is 2.00. The number of anilines is 1. The van der Waals surface area contributed by atoms with Crippen LogP contribution in [-0.2, 0) is 6.54 Å². The molecule has 5 nitrogen and oxygen atoms in total. The zero-order valence-electron chi connectivity index (χ0n) is 11.3. The summed E-state index contributed by atoms with van der Waals surface area (Å²) in [6.07, 6.45) is 1.46. The van der Waals surface area contributed by atoms with Gasteiger partial charge in [-0.25, -0.2) is 9.37 Å². The van der Waals surface area contributed by atoms with Gasteiger partial charge in [0, 0.05) is 18.3 Å². The zero-order valence-corrected chi connectivity index (χ0v) is 11.3. The van der Waals surface area contributed by atoms with Gasteiger partial charge in [-0.1, -0.05) is 12.1 Å². The van der Waals surface area contributed by atoms with Crippen LogP contribution in [0.1, 0.15) is 16.8 Å². The van der Waals surface area contributed by atoms with Gasteiger partial charge in [0.1, 0.15) is 18.0 Å². The van der Waals surface area contributed by atoms with E-state index < -0.39 is 0 Å². The van der Waals surface area contributed by atoms with Gasteiger partial charge in [0.25, 0.3) is 5.78 Å². The molecule has 0 unspecified atom stereocenters. The standard InChI is InChI=1S/C14H14FN5/c1-9-3-4-11(6-12(9)15)7-16-13-5-10(2)19-14-17-8-18-20(13)14/h3-6,8,16H,7H2,1-2H3. The number of hydrogen-bond donors (Lipinski definition) is 1. The van der Waals surface area contributed by atoms with Crippen LogP contribution in [0.3, 0.4) is 0 Å². The Balaban J connectivity index is 1.86. The Kier molecular flexibility index (Phi) is 3.06. The number of aromatic nitrogens is 4. The zero-order chi connectivity index (χ0) is 14.1. The van der Waals surface area contributed by atoms with Gasteiger partial charge >= 0.3 is 0 Å². The molecule has 20 heavy (non-hydrogen) atoms. The van der Waals surface area contributed by atoms with E-state index in [2.05, 4.69) is 20.4 Å². The Morgan fingerprint density at radius 2 is 2.10 bits per heavy atom. The van der Waals surface area contributed by atoms with Crippen LogP contribution in [0.4, 0.5) is 10.2 Å². The predicted molar refractivity (Wildman–Crippen MR) is 74.0 cm³/mol. The third-order valence-electron chi connectivity index (χ3n) is 3.09. The van der Waals surface area contributed by atoms with Crippen molar-refractivity contribution in [3.63, 3.8) is 0 Å². The quantitative estimate of drug-likeness (QED) is 0.795. The normalized spacial score (nSPS) is 10.9. The average Bonchev–Trinajstić information content (AvgIpc) is 2.88. The number of nitrogens with one attached hydrogen (secondary N) is 1. The smallest absolute Gasteiger partial charge is 0.254 e. The lowest BCUT2D eigenvalue weighted by atomic mass is 10.1. The van der Waals surface area contributed by atoms with Crippen molar-refractivity contribution in [3.8, 4) is 0 Å². The van der Waals surface area contributed by atoms with Crippen LogP contribution in [0.15, 0.2) is 30.6 Å². The molecule has 0 fully saturated rings. The molecule has 3 aromatic rings. The molecule has 0 atom stereocenters. The van der Waals surface area contributed by atoms with E-state index in [1.165, 1.54) is 12.4 Å². The van der Waals surface area contributed by atoms with E-state index in [1.807, 2.05) is 19.1 Å². The molecular formula is C14H14FN5. The molecule has 1 aromatic carbocycles. The highest BCUT2D eigenvalue weighted by atomic mass is 19.1. The average molecular weight is 271 g/mol. The van der Waals surface area contributed by atoms with Crippen molar-refractivity contribution in [2.24, 2.45) is 0 Å². The third kappa shape index (κ3) is 2.32. The minimum absolute atomic E-state index is 0.193. The molecule has 0 aliphatic heterocycles. The Morgan fingerprint density at radius 3 is 2.90 bits per heavy atom. The van der Waals surface area contributed by atoms with Gasteiger partial charge in [-0.3, -0.25) is 0 Å². The summed E-state index contributed by atoms with van der Waals surface area (Å²) in [5, 5.41) is 7.34. The highest BCUT2D eigenvalue weighted by molar-refractivity contribution is 5.45. The summed E-state index contributed by atoms with van der Waals surface area (Å²) in [6, 6.07) is 7.09. The fourth-order valence-corrected chi connectivity index (χ4v) is 2.00. The van der Waals surface area contributed by atoms with Crippen LogP contribution < -0.4 is 5.32 Å². The predicted octanol–water partition coefficient (Wildman–Crippen LogP) is 2.49. The topological polar surface area (TPSA) is 55.1 Å². The van der Waals surface area contributed by atoms with E-state index in [0.29, 0.717) is 17.9 Å². The molecule has 1 N–H and O–H groups in total. The van der Waals surface area contributed by atoms with Crippen LogP contribution in [0, 0.1) is 19.7 Å². The molecular weight excluding hydrogens is 257 g/mol.